The summed E-state index contributed by atoms with van der Waals surface area (Å²) < 4.78 is 5.54. The number of nitrogens with one attached hydrogen (secondary N) is 2. The van der Waals surface area contributed by atoms with Gasteiger partial charge in [-0.1, -0.05) is 36.4 Å². The Kier molecular flexibility index (Phi) is 5.99. The molecule has 6 nitrogen and oxygen atoms in total. The normalized spacial score (nSPS) is 10.3. The lowest BCUT2D eigenvalue weighted by atomic mass is 10.1. The minimum absolute atomic E-state index is 0.281. The summed E-state index contributed by atoms with van der Waals surface area (Å²) in [4.78, 5) is 20.8. The summed E-state index contributed by atoms with van der Waals surface area (Å²) in [6.07, 6.45) is 1.38. The zero-order valence-electron chi connectivity index (χ0n) is 15.4. The van der Waals surface area contributed by atoms with Gasteiger partial charge in [0.15, 0.2) is 0 Å². The van der Waals surface area contributed by atoms with E-state index in [1.807, 2.05) is 37.3 Å². The average molecular weight is 362 g/mol. The van der Waals surface area contributed by atoms with Gasteiger partial charge in [0, 0.05) is 12.6 Å². The molecule has 0 saturated carbocycles. The fourth-order valence-corrected chi connectivity index (χ4v) is 2.61. The summed E-state index contributed by atoms with van der Waals surface area (Å²) in [6, 6.07) is 17.1. The first-order chi connectivity index (χ1) is 13.2. The minimum atomic E-state index is -0.316. The molecule has 0 atom stereocenters. The number of rotatable bonds is 7. The van der Waals surface area contributed by atoms with E-state index in [0.717, 1.165) is 0 Å². The summed E-state index contributed by atoms with van der Waals surface area (Å²) in [6.45, 7) is 5.10. The molecule has 6 heteroatoms. The van der Waals surface area contributed by atoms with Gasteiger partial charge in [0.05, 0.1) is 12.3 Å². The van der Waals surface area contributed by atoms with E-state index < -0.39 is 0 Å². The smallest absolute Gasteiger partial charge is 0.274 e. The van der Waals surface area contributed by atoms with Crippen LogP contribution in [0.15, 0.2) is 60.9 Å². The van der Waals surface area contributed by atoms with Crippen molar-refractivity contribution in [3.8, 4) is 5.75 Å². The molecule has 2 N–H and O–H groups in total. The highest BCUT2D eigenvalue weighted by Gasteiger charge is 2.12. The van der Waals surface area contributed by atoms with Gasteiger partial charge in [-0.2, -0.15) is 0 Å². The van der Waals surface area contributed by atoms with Gasteiger partial charge in [-0.25, -0.2) is 9.97 Å². The van der Waals surface area contributed by atoms with Crippen LogP contribution in [-0.2, 0) is 6.54 Å². The number of nitrogens with zero attached hydrogens (tertiary/aromatic N) is 2. The summed E-state index contributed by atoms with van der Waals surface area (Å²) in [7, 11) is 0. The summed E-state index contributed by atoms with van der Waals surface area (Å²) in [5.41, 5.74) is 3.26. The van der Waals surface area contributed by atoms with Crippen LogP contribution >= 0.6 is 0 Å². The Morgan fingerprint density at radius 3 is 2.67 bits per heavy atom. The average Bonchev–Trinajstić information content (AvgIpc) is 2.69. The molecule has 0 fully saturated rings. The second kappa shape index (κ2) is 8.80. The predicted octanol–water partition coefficient (Wildman–Crippen LogP) is 4.05. The van der Waals surface area contributed by atoms with Gasteiger partial charge < -0.3 is 15.4 Å². The number of aryl methyl sites for hydroxylation is 1. The monoisotopic (exact) mass is 362 g/mol. The number of hydrogen-bond donors (Lipinski definition) is 2. The van der Waals surface area contributed by atoms with Crippen LogP contribution in [-0.4, -0.2) is 22.5 Å². The van der Waals surface area contributed by atoms with Crippen molar-refractivity contribution in [1.29, 1.82) is 0 Å². The van der Waals surface area contributed by atoms with E-state index in [1.54, 1.807) is 12.1 Å². The second-order valence-corrected chi connectivity index (χ2v) is 5.95. The molecule has 2 aromatic carbocycles. The maximum absolute atomic E-state index is 12.6. The van der Waals surface area contributed by atoms with Crippen LogP contribution in [0.1, 0.15) is 28.5 Å². The number of anilines is 2. The molecule has 3 aromatic rings. The van der Waals surface area contributed by atoms with E-state index in [4.69, 9.17) is 4.74 Å². The lowest BCUT2D eigenvalue weighted by molar-refractivity contribution is 0.102. The van der Waals surface area contributed by atoms with Crippen molar-refractivity contribution in [3.05, 3.63) is 77.7 Å². The Morgan fingerprint density at radius 2 is 1.85 bits per heavy atom. The third-order valence-corrected chi connectivity index (χ3v) is 4.06. The van der Waals surface area contributed by atoms with Crippen molar-refractivity contribution < 1.29 is 9.53 Å². The number of benzene rings is 2. The first-order valence-electron chi connectivity index (χ1n) is 8.81. The highest BCUT2D eigenvalue weighted by Crippen LogP contribution is 2.24. The lowest BCUT2D eigenvalue weighted by Crippen LogP contribution is -2.15. The van der Waals surface area contributed by atoms with E-state index in [-0.39, 0.29) is 11.6 Å². The number of hydrogen-bond acceptors (Lipinski definition) is 5. The molecule has 1 aromatic heterocycles. The molecule has 0 unspecified atom stereocenters. The Hall–Kier alpha value is -3.41. The molecule has 1 heterocycles. The molecule has 0 spiro atoms. The number of aromatic nitrogens is 2. The van der Waals surface area contributed by atoms with Crippen molar-refractivity contribution in [2.24, 2.45) is 0 Å². The Labute approximate surface area is 158 Å². The van der Waals surface area contributed by atoms with Crippen LogP contribution in [0, 0.1) is 6.92 Å². The highest BCUT2D eigenvalue weighted by molar-refractivity contribution is 6.04. The zero-order chi connectivity index (χ0) is 19.1. The van der Waals surface area contributed by atoms with Gasteiger partial charge in [0.2, 0.25) is 0 Å². The quantitative estimate of drug-likeness (QED) is 0.663. The van der Waals surface area contributed by atoms with E-state index in [0.29, 0.717) is 30.4 Å². The first kappa shape index (κ1) is 18.4. The molecule has 1 amide bonds. The standard InChI is InChI=1S/C21H22N4O2/c1-3-27-19-11-7-6-10-17(19)25-21(26)18-12-20(24-14-23-18)22-13-16-9-5-4-8-15(16)2/h4-12,14H,3,13H2,1-2H3,(H,25,26)(H,22,23,24). The topological polar surface area (TPSA) is 76.1 Å². The van der Waals surface area contributed by atoms with E-state index in [1.165, 1.54) is 17.5 Å². The summed E-state index contributed by atoms with van der Waals surface area (Å²) in [5, 5.41) is 6.08. The molecule has 0 bridgehead atoms. The highest BCUT2D eigenvalue weighted by atomic mass is 16.5. The third-order valence-electron chi connectivity index (χ3n) is 4.06. The van der Waals surface area contributed by atoms with E-state index >= 15 is 0 Å². The maximum Gasteiger partial charge on any atom is 0.274 e. The SMILES string of the molecule is CCOc1ccccc1NC(=O)c1cc(NCc2ccccc2C)ncn1. The molecule has 3 rings (SSSR count). The fourth-order valence-electron chi connectivity index (χ4n) is 2.61. The van der Waals surface area contributed by atoms with Gasteiger partial charge in [-0.05, 0) is 37.1 Å². The molecule has 0 aliphatic heterocycles. The van der Waals surface area contributed by atoms with Gasteiger partial charge >= 0.3 is 0 Å². The molecular formula is C21H22N4O2. The second-order valence-electron chi connectivity index (χ2n) is 5.95. The maximum atomic E-state index is 12.6. The lowest BCUT2D eigenvalue weighted by Gasteiger charge is -2.12. The molecule has 0 aliphatic rings. The van der Waals surface area contributed by atoms with Crippen LogP contribution in [0.5, 0.6) is 5.75 Å². The molecule has 0 saturated heterocycles. The Balaban J connectivity index is 1.70. The molecule has 0 radical (unpaired) electrons. The molecular weight excluding hydrogens is 340 g/mol. The van der Waals surface area contributed by atoms with Crippen LogP contribution < -0.4 is 15.4 Å². The van der Waals surface area contributed by atoms with Crippen LogP contribution in [0.3, 0.4) is 0 Å². The van der Waals surface area contributed by atoms with E-state index in [9.17, 15) is 4.79 Å². The number of carbonyl (C=O) groups is 1. The number of ether oxygens (including phenoxy) is 1. The molecule has 0 aliphatic carbocycles. The zero-order valence-corrected chi connectivity index (χ0v) is 15.4. The third kappa shape index (κ3) is 4.82. The van der Waals surface area contributed by atoms with Gasteiger partial charge in [-0.3, -0.25) is 4.79 Å². The van der Waals surface area contributed by atoms with Crippen molar-refractivity contribution in [2.45, 2.75) is 20.4 Å². The predicted molar refractivity (Wildman–Crippen MR) is 106 cm³/mol. The van der Waals surface area contributed by atoms with Gasteiger partial charge in [0.25, 0.3) is 5.91 Å². The number of para-hydroxylation sites is 2. The summed E-state index contributed by atoms with van der Waals surface area (Å²) >= 11 is 0. The van der Waals surface area contributed by atoms with Crippen molar-refractivity contribution in [2.75, 3.05) is 17.2 Å². The van der Waals surface area contributed by atoms with Crippen LogP contribution in [0.2, 0.25) is 0 Å². The first-order valence-corrected chi connectivity index (χ1v) is 8.81. The van der Waals surface area contributed by atoms with Crippen LogP contribution in [0.4, 0.5) is 11.5 Å². The van der Waals surface area contributed by atoms with E-state index in [2.05, 4.69) is 39.7 Å². The largest absolute Gasteiger partial charge is 0.492 e. The Morgan fingerprint density at radius 1 is 1.07 bits per heavy atom. The number of carbonyl (C=O) groups excluding carboxylic acids is 1. The molecule has 138 valence electrons. The van der Waals surface area contributed by atoms with Gasteiger partial charge in [0.1, 0.15) is 23.6 Å². The van der Waals surface area contributed by atoms with Crippen LogP contribution in [0.25, 0.3) is 0 Å². The van der Waals surface area contributed by atoms with Crippen molar-refractivity contribution in [1.82, 2.24) is 9.97 Å². The minimum Gasteiger partial charge on any atom is -0.492 e. The Bertz CT molecular complexity index is 927. The van der Waals surface area contributed by atoms with Crippen molar-refractivity contribution >= 4 is 17.4 Å². The summed E-state index contributed by atoms with van der Waals surface area (Å²) in [5.74, 6) is 0.903. The molecule has 27 heavy (non-hydrogen) atoms. The van der Waals surface area contributed by atoms with Crippen molar-refractivity contribution in [3.63, 3.8) is 0 Å². The number of amides is 1. The fraction of sp³-hybridized carbons (Fsp3) is 0.190. The van der Waals surface area contributed by atoms with Gasteiger partial charge in [-0.15, -0.1) is 0 Å².